The van der Waals surface area contributed by atoms with Crippen molar-refractivity contribution in [2.45, 2.75) is 44.6 Å². The molecule has 0 atom stereocenters. The molecule has 1 aliphatic heterocycles. The number of rotatable bonds is 2. The summed E-state index contributed by atoms with van der Waals surface area (Å²) in [5.41, 5.74) is 7.28. The van der Waals surface area contributed by atoms with Gasteiger partial charge in [0.2, 0.25) is 11.8 Å². The highest BCUT2D eigenvalue weighted by atomic mass is 35.5. The molecule has 24 heavy (non-hydrogen) atoms. The molecule has 3 N–H and O–H groups in total. The van der Waals surface area contributed by atoms with Crippen molar-refractivity contribution in [3.8, 4) is 0 Å². The molecule has 1 aromatic carbocycles. The van der Waals surface area contributed by atoms with Crippen molar-refractivity contribution in [3.05, 3.63) is 24.1 Å². The molecule has 3 rings (SSSR count). The van der Waals surface area contributed by atoms with Crippen molar-refractivity contribution in [1.82, 2.24) is 4.98 Å². The van der Waals surface area contributed by atoms with Crippen LogP contribution in [0, 0.1) is 0 Å². The van der Waals surface area contributed by atoms with E-state index in [1.54, 1.807) is 6.07 Å². The fourth-order valence-electron chi connectivity index (χ4n) is 2.54. The minimum Gasteiger partial charge on any atom is -0.440 e. The molecule has 0 aliphatic carbocycles. The summed E-state index contributed by atoms with van der Waals surface area (Å²) in [5.74, 6) is 0.496. The van der Waals surface area contributed by atoms with Crippen LogP contribution < -0.4 is 11.1 Å². The molecule has 0 unspecified atom stereocenters. The first-order valence-corrected chi connectivity index (χ1v) is 7.87. The zero-order chi connectivity index (χ0) is 16.7. The van der Waals surface area contributed by atoms with Crippen LogP contribution in [0.2, 0.25) is 0 Å². The second-order valence-electron chi connectivity index (χ2n) is 7.17. The van der Waals surface area contributed by atoms with Gasteiger partial charge in [0.1, 0.15) is 11.1 Å². The number of aromatic nitrogens is 1. The Morgan fingerprint density at radius 2 is 1.96 bits per heavy atom. The minimum atomic E-state index is -0.867. The van der Waals surface area contributed by atoms with Gasteiger partial charge in [0.05, 0.1) is 0 Å². The van der Waals surface area contributed by atoms with E-state index in [0.29, 0.717) is 43.2 Å². The number of hydrogen-bond acceptors (Lipinski definition) is 5. The average Bonchev–Trinajstić information content (AvgIpc) is 2.91. The van der Waals surface area contributed by atoms with Crippen molar-refractivity contribution in [2.75, 3.05) is 18.5 Å². The number of fused-ring (bicyclic) bond motifs is 1. The van der Waals surface area contributed by atoms with Crippen LogP contribution in [-0.4, -0.2) is 29.6 Å². The number of halogens is 1. The minimum absolute atomic E-state index is 0. The number of nitrogens with one attached hydrogen (secondary N) is 1. The normalized spacial score (nSPS) is 17.3. The summed E-state index contributed by atoms with van der Waals surface area (Å²) in [4.78, 5) is 17.0. The van der Waals surface area contributed by atoms with Crippen molar-refractivity contribution in [1.29, 1.82) is 0 Å². The summed E-state index contributed by atoms with van der Waals surface area (Å²) in [6.45, 7) is 7.17. The summed E-state index contributed by atoms with van der Waals surface area (Å²) >= 11 is 0. The SMILES string of the molecule is CC(C)(C)c1nc2cc(NC(=O)C3(N)CCOCC3)ccc2o1.Cl. The number of carbonyl (C=O) groups is 1. The lowest BCUT2D eigenvalue weighted by atomic mass is 9.90. The first-order valence-electron chi connectivity index (χ1n) is 7.87. The quantitative estimate of drug-likeness (QED) is 0.866. The summed E-state index contributed by atoms with van der Waals surface area (Å²) in [6, 6.07) is 5.44. The molecule has 7 heteroatoms. The molecule has 0 saturated carbocycles. The Hall–Kier alpha value is -1.63. The van der Waals surface area contributed by atoms with Crippen LogP contribution >= 0.6 is 12.4 Å². The molecule has 1 aliphatic rings. The van der Waals surface area contributed by atoms with Gasteiger partial charge in [0.15, 0.2) is 5.58 Å². The first kappa shape index (κ1) is 18.7. The van der Waals surface area contributed by atoms with Gasteiger partial charge in [-0.3, -0.25) is 4.79 Å². The highest BCUT2D eigenvalue weighted by molar-refractivity contribution is 5.99. The van der Waals surface area contributed by atoms with Gasteiger partial charge in [-0.05, 0) is 31.0 Å². The fourth-order valence-corrected chi connectivity index (χ4v) is 2.54. The molecular formula is C17H24ClN3O3. The van der Waals surface area contributed by atoms with Crippen LogP contribution in [0.15, 0.2) is 22.6 Å². The van der Waals surface area contributed by atoms with E-state index < -0.39 is 5.54 Å². The Bertz CT molecular complexity index is 730. The van der Waals surface area contributed by atoms with Crippen LogP contribution in [0.1, 0.15) is 39.5 Å². The zero-order valence-electron chi connectivity index (χ0n) is 14.2. The smallest absolute Gasteiger partial charge is 0.244 e. The van der Waals surface area contributed by atoms with E-state index in [0.717, 1.165) is 5.52 Å². The van der Waals surface area contributed by atoms with E-state index in [-0.39, 0.29) is 23.7 Å². The molecule has 1 fully saturated rings. The summed E-state index contributed by atoms with van der Waals surface area (Å²) in [7, 11) is 0. The zero-order valence-corrected chi connectivity index (χ0v) is 15.0. The molecule has 132 valence electrons. The summed E-state index contributed by atoms with van der Waals surface area (Å²) in [5, 5.41) is 2.89. The van der Waals surface area contributed by atoms with Gasteiger partial charge < -0.3 is 20.2 Å². The Kier molecular flexibility index (Phi) is 5.22. The van der Waals surface area contributed by atoms with Crippen molar-refractivity contribution >= 4 is 35.1 Å². The van der Waals surface area contributed by atoms with Crippen LogP contribution in [0.25, 0.3) is 11.1 Å². The summed E-state index contributed by atoms with van der Waals surface area (Å²) in [6.07, 6.45) is 1.05. The first-order chi connectivity index (χ1) is 10.8. The average molecular weight is 354 g/mol. The molecule has 0 bridgehead atoms. The standard InChI is InChI=1S/C17H23N3O3.ClH/c1-16(2,3)15-20-12-10-11(4-5-13(12)23-15)19-14(21)17(18)6-8-22-9-7-17;/h4-5,10H,6-9,18H2,1-3H3,(H,19,21);1H. The molecule has 0 spiro atoms. The third kappa shape index (κ3) is 3.71. The van der Waals surface area contributed by atoms with Gasteiger partial charge in [-0.2, -0.15) is 0 Å². The fraction of sp³-hybridized carbons (Fsp3) is 0.529. The summed E-state index contributed by atoms with van der Waals surface area (Å²) < 4.78 is 11.0. The van der Waals surface area contributed by atoms with E-state index >= 15 is 0 Å². The molecule has 1 saturated heterocycles. The maximum absolute atomic E-state index is 12.5. The number of ether oxygens (including phenoxy) is 1. The predicted molar refractivity (Wildman–Crippen MR) is 95.6 cm³/mol. The number of carbonyl (C=O) groups excluding carboxylic acids is 1. The number of oxazole rings is 1. The van der Waals surface area contributed by atoms with Gasteiger partial charge >= 0.3 is 0 Å². The van der Waals surface area contributed by atoms with Gasteiger partial charge in [0.25, 0.3) is 0 Å². The van der Waals surface area contributed by atoms with E-state index in [4.69, 9.17) is 14.9 Å². The van der Waals surface area contributed by atoms with Crippen LogP contribution in [-0.2, 0) is 14.9 Å². The number of benzene rings is 1. The van der Waals surface area contributed by atoms with Crippen molar-refractivity contribution in [2.24, 2.45) is 5.73 Å². The van der Waals surface area contributed by atoms with Crippen LogP contribution in [0.3, 0.4) is 0 Å². The largest absolute Gasteiger partial charge is 0.440 e. The highest BCUT2D eigenvalue weighted by Crippen LogP contribution is 2.28. The third-order valence-electron chi connectivity index (χ3n) is 4.12. The van der Waals surface area contributed by atoms with Gasteiger partial charge in [0, 0.05) is 24.3 Å². The molecule has 1 aromatic heterocycles. The van der Waals surface area contributed by atoms with Crippen molar-refractivity contribution < 1.29 is 13.9 Å². The molecule has 2 heterocycles. The van der Waals surface area contributed by atoms with Crippen LogP contribution in [0.4, 0.5) is 5.69 Å². The molecule has 2 aromatic rings. The predicted octanol–water partition coefficient (Wildman–Crippen LogP) is 2.99. The lowest BCUT2D eigenvalue weighted by molar-refractivity contribution is -0.124. The van der Waals surface area contributed by atoms with Crippen LogP contribution in [0.5, 0.6) is 0 Å². The Morgan fingerprint density at radius 3 is 2.58 bits per heavy atom. The van der Waals surface area contributed by atoms with E-state index in [2.05, 4.69) is 10.3 Å². The Balaban J connectivity index is 0.00000208. The second-order valence-corrected chi connectivity index (χ2v) is 7.17. The van der Waals surface area contributed by atoms with E-state index in [1.807, 2.05) is 32.9 Å². The number of hydrogen-bond donors (Lipinski definition) is 2. The van der Waals surface area contributed by atoms with Crippen molar-refractivity contribution in [3.63, 3.8) is 0 Å². The third-order valence-corrected chi connectivity index (χ3v) is 4.12. The number of amides is 1. The molecular weight excluding hydrogens is 330 g/mol. The number of anilines is 1. The molecule has 0 radical (unpaired) electrons. The van der Waals surface area contributed by atoms with Gasteiger partial charge in [-0.15, -0.1) is 12.4 Å². The monoisotopic (exact) mass is 353 g/mol. The highest BCUT2D eigenvalue weighted by Gasteiger charge is 2.36. The maximum Gasteiger partial charge on any atom is 0.244 e. The topological polar surface area (TPSA) is 90.4 Å². The second kappa shape index (κ2) is 6.70. The lowest BCUT2D eigenvalue weighted by Crippen LogP contribution is -2.54. The number of nitrogens with two attached hydrogens (primary N) is 1. The van der Waals surface area contributed by atoms with Gasteiger partial charge in [-0.1, -0.05) is 20.8 Å². The molecule has 1 amide bonds. The maximum atomic E-state index is 12.5. The van der Waals surface area contributed by atoms with Gasteiger partial charge in [-0.25, -0.2) is 4.98 Å². The van der Waals surface area contributed by atoms with E-state index in [1.165, 1.54) is 0 Å². The Morgan fingerprint density at radius 1 is 1.29 bits per heavy atom. The Labute approximate surface area is 147 Å². The van der Waals surface area contributed by atoms with E-state index in [9.17, 15) is 4.79 Å². The number of nitrogens with zero attached hydrogens (tertiary/aromatic N) is 1. The molecule has 6 nitrogen and oxygen atoms in total. The lowest BCUT2D eigenvalue weighted by Gasteiger charge is -2.31.